The van der Waals surface area contributed by atoms with Gasteiger partial charge in [0.1, 0.15) is 40.4 Å². The second-order valence-corrected chi connectivity index (χ2v) is 8.69. The number of fused-ring (bicyclic) bond motifs is 1. The molecule has 0 aromatic heterocycles. The van der Waals surface area contributed by atoms with Crippen molar-refractivity contribution in [1.29, 1.82) is 0 Å². The smallest absolute Gasteiger partial charge is 0.174 e. The highest BCUT2D eigenvalue weighted by Crippen LogP contribution is 2.48. The van der Waals surface area contributed by atoms with E-state index in [1.807, 2.05) is 0 Å². The Morgan fingerprint density at radius 2 is 1.41 bits per heavy atom. The van der Waals surface area contributed by atoms with Crippen molar-refractivity contribution in [3.8, 4) is 28.7 Å². The summed E-state index contributed by atoms with van der Waals surface area (Å²) in [7, 11) is 0. The Balaban J connectivity index is 1.92. The van der Waals surface area contributed by atoms with Crippen molar-refractivity contribution in [1.82, 2.24) is 0 Å². The summed E-state index contributed by atoms with van der Waals surface area (Å²) >= 11 is 12.1. The van der Waals surface area contributed by atoms with E-state index in [2.05, 4.69) is 0 Å². The van der Waals surface area contributed by atoms with E-state index in [1.165, 1.54) is 30.3 Å². The standard InChI is InChI=1S/C24H20Cl2O6/c1-11-6-20(29)21-23(31)16(9-12-7-14(25)2-4-18(12)27)22(30)17(24(21)32-11)10-13-8-15(26)3-5-19(13)28/h2-5,7-8,11,27-28,30-31H,6,9-10H2,1H3. The van der Waals surface area contributed by atoms with Crippen molar-refractivity contribution in [3.05, 3.63) is 74.3 Å². The van der Waals surface area contributed by atoms with Gasteiger partial charge in [0, 0.05) is 40.4 Å². The van der Waals surface area contributed by atoms with Gasteiger partial charge in [0.15, 0.2) is 5.78 Å². The zero-order chi connectivity index (χ0) is 23.2. The predicted molar refractivity (Wildman–Crippen MR) is 121 cm³/mol. The lowest BCUT2D eigenvalue weighted by atomic mass is 9.88. The van der Waals surface area contributed by atoms with E-state index in [1.54, 1.807) is 13.0 Å². The number of ketones is 1. The fraction of sp³-hybridized carbons (Fsp3) is 0.208. The lowest BCUT2D eigenvalue weighted by Gasteiger charge is -2.28. The van der Waals surface area contributed by atoms with Crippen LogP contribution in [-0.4, -0.2) is 32.3 Å². The first-order valence-corrected chi connectivity index (χ1v) is 10.7. The molecule has 0 saturated carbocycles. The molecule has 1 atom stereocenters. The molecule has 4 rings (SSSR count). The lowest BCUT2D eigenvalue weighted by Crippen LogP contribution is -2.25. The van der Waals surface area contributed by atoms with E-state index < -0.39 is 11.9 Å². The zero-order valence-corrected chi connectivity index (χ0v) is 18.5. The summed E-state index contributed by atoms with van der Waals surface area (Å²) in [5.41, 5.74) is 1.01. The number of benzene rings is 3. The van der Waals surface area contributed by atoms with Gasteiger partial charge in [0.2, 0.25) is 0 Å². The van der Waals surface area contributed by atoms with E-state index in [-0.39, 0.29) is 64.7 Å². The van der Waals surface area contributed by atoms with Crippen LogP contribution in [0.4, 0.5) is 0 Å². The second kappa shape index (κ2) is 8.45. The molecule has 1 aliphatic heterocycles. The molecule has 3 aromatic rings. The van der Waals surface area contributed by atoms with Gasteiger partial charge in [-0.3, -0.25) is 4.79 Å². The molecule has 0 bridgehead atoms. The van der Waals surface area contributed by atoms with E-state index >= 15 is 0 Å². The van der Waals surface area contributed by atoms with E-state index in [4.69, 9.17) is 27.9 Å². The maximum absolute atomic E-state index is 12.8. The van der Waals surface area contributed by atoms with Crippen molar-refractivity contribution in [2.75, 3.05) is 0 Å². The molecule has 0 fully saturated rings. The van der Waals surface area contributed by atoms with Gasteiger partial charge in [-0.25, -0.2) is 0 Å². The number of halogens is 2. The molecule has 0 aliphatic carbocycles. The highest BCUT2D eigenvalue weighted by Gasteiger charge is 2.34. The summed E-state index contributed by atoms with van der Waals surface area (Å²) in [5.74, 6) is -1.09. The molecule has 0 spiro atoms. The normalized spacial score (nSPS) is 15.3. The number of phenols is 4. The molecule has 0 saturated heterocycles. The highest BCUT2D eigenvalue weighted by atomic mass is 35.5. The molecule has 166 valence electrons. The predicted octanol–water partition coefficient (Wildman–Crippen LogP) is 5.35. The van der Waals surface area contributed by atoms with Gasteiger partial charge in [-0.2, -0.15) is 0 Å². The second-order valence-electron chi connectivity index (χ2n) is 7.81. The molecule has 0 amide bonds. The van der Waals surface area contributed by atoms with Crippen LogP contribution in [0.15, 0.2) is 36.4 Å². The average molecular weight is 475 g/mol. The first-order valence-electron chi connectivity index (χ1n) is 9.90. The third-order valence-corrected chi connectivity index (χ3v) is 5.95. The largest absolute Gasteiger partial charge is 0.508 e. The van der Waals surface area contributed by atoms with Crippen LogP contribution >= 0.6 is 23.2 Å². The minimum atomic E-state index is -0.455. The van der Waals surface area contributed by atoms with Crippen LogP contribution in [0.25, 0.3) is 0 Å². The Morgan fingerprint density at radius 3 is 1.97 bits per heavy atom. The van der Waals surface area contributed by atoms with Crippen molar-refractivity contribution < 1.29 is 30.0 Å². The topological polar surface area (TPSA) is 107 Å². The van der Waals surface area contributed by atoms with Gasteiger partial charge >= 0.3 is 0 Å². The summed E-state index contributed by atoms with van der Waals surface area (Å²) in [6.07, 6.45) is -0.484. The molecular weight excluding hydrogens is 455 g/mol. The molecule has 3 aromatic carbocycles. The number of ether oxygens (including phenoxy) is 1. The van der Waals surface area contributed by atoms with Crippen LogP contribution in [0.1, 0.15) is 46.0 Å². The molecule has 1 heterocycles. The fourth-order valence-electron chi connectivity index (χ4n) is 3.91. The van der Waals surface area contributed by atoms with Gasteiger partial charge in [0.05, 0.1) is 0 Å². The maximum atomic E-state index is 12.8. The SMILES string of the molecule is CC1CC(=O)c2c(O)c(Cc3cc(Cl)ccc3O)c(O)c(Cc3cc(Cl)ccc3O)c2O1. The minimum Gasteiger partial charge on any atom is -0.508 e. The number of hydrogen-bond donors (Lipinski definition) is 4. The Hall–Kier alpha value is -3.09. The lowest BCUT2D eigenvalue weighted by molar-refractivity contribution is 0.0863. The fourth-order valence-corrected chi connectivity index (χ4v) is 4.30. The first kappa shape index (κ1) is 22.1. The molecule has 32 heavy (non-hydrogen) atoms. The summed E-state index contributed by atoms with van der Waals surface area (Å²) < 4.78 is 5.86. The van der Waals surface area contributed by atoms with Crippen LogP contribution < -0.4 is 4.74 Å². The van der Waals surface area contributed by atoms with Crippen LogP contribution in [0.5, 0.6) is 28.7 Å². The van der Waals surface area contributed by atoms with Gasteiger partial charge in [-0.15, -0.1) is 0 Å². The minimum absolute atomic E-state index is 0.00460. The summed E-state index contributed by atoms with van der Waals surface area (Å²) in [5, 5.41) is 43.3. The molecule has 4 N–H and O–H groups in total. The Morgan fingerprint density at radius 1 is 0.875 bits per heavy atom. The van der Waals surface area contributed by atoms with Crippen molar-refractivity contribution in [3.63, 3.8) is 0 Å². The number of phenolic OH excluding ortho intramolecular Hbond substituents is 4. The molecule has 1 unspecified atom stereocenters. The molecule has 0 radical (unpaired) electrons. The van der Waals surface area contributed by atoms with Gasteiger partial charge < -0.3 is 25.2 Å². The first-order chi connectivity index (χ1) is 15.2. The van der Waals surface area contributed by atoms with Crippen LogP contribution in [-0.2, 0) is 12.8 Å². The quantitative estimate of drug-likeness (QED) is 0.405. The van der Waals surface area contributed by atoms with E-state index in [0.29, 0.717) is 21.2 Å². The van der Waals surface area contributed by atoms with E-state index in [9.17, 15) is 25.2 Å². The Kier molecular flexibility index (Phi) is 5.84. The summed E-state index contributed by atoms with van der Waals surface area (Å²) in [6.45, 7) is 1.72. The average Bonchev–Trinajstić information content (AvgIpc) is 2.72. The molecule has 6 nitrogen and oxygen atoms in total. The van der Waals surface area contributed by atoms with Crippen molar-refractivity contribution >= 4 is 29.0 Å². The monoisotopic (exact) mass is 474 g/mol. The van der Waals surface area contributed by atoms with Crippen LogP contribution in [0, 0.1) is 0 Å². The molecular formula is C24H20Cl2O6. The number of rotatable bonds is 4. The van der Waals surface area contributed by atoms with Gasteiger partial charge in [-0.1, -0.05) is 23.2 Å². The number of carbonyl (C=O) groups is 1. The Bertz CT molecular complexity index is 1240. The number of carbonyl (C=O) groups excluding carboxylic acids is 1. The molecule has 8 heteroatoms. The maximum Gasteiger partial charge on any atom is 0.174 e. The van der Waals surface area contributed by atoms with Crippen LogP contribution in [0.2, 0.25) is 10.0 Å². The third kappa shape index (κ3) is 4.04. The van der Waals surface area contributed by atoms with Crippen molar-refractivity contribution in [2.24, 2.45) is 0 Å². The summed E-state index contributed by atoms with van der Waals surface area (Å²) in [6, 6.07) is 8.94. The van der Waals surface area contributed by atoms with Gasteiger partial charge in [-0.05, 0) is 54.4 Å². The number of aromatic hydroxyl groups is 4. The number of hydrogen-bond acceptors (Lipinski definition) is 6. The van der Waals surface area contributed by atoms with Gasteiger partial charge in [0.25, 0.3) is 0 Å². The van der Waals surface area contributed by atoms with E-state index in [0.717, 1.165) is 0 Å². The highest BCUT2D eigenvalue weighted by molar-refractivity contribution is 6.31. The third-order valence-electron chi connectivity index (χ3n) is 5.48. The van der Waals surface area contributed by atoms with Crippen molar-refractivity contribution in [2.45, 2.75) is 32.3 Å². The summed E-state index contributed by atoms with van der Waals surface area (Å²) in [4.78, 5) is 12.8. The number of Topliss-reactive ketones (excluding diaryl/α,β-unsaturated/α-hetero) is 1. The zero-order valence-electron chi connectivity index (χ0n) is 17.0. The molecule has 1 aliphatic rings. The van der Waals surface area contributed by atoms with Crippen LogP contribution in [0.3, 0.4) is 0 Å². The Labute approximate surface area is 194 Å².